The third kappa shape index (κ3) is 14.2. The Kier molecular flexibility index (Phi) is 17.5. The smallest absolute Gasteiger partial charge is 0.396 e. The Labute approximate surface area is 281 Å². The van der Waals surface area contributed by atoms with Crippen LogP contribution in [0, 0.1) is 0 Å². The number of hydrogen-bond donors (Lipinski definition) is 5. The summed E-state index contributed by atoms with van der Waals surface area (Å²) in [5.74, 6) is -0.584. The Hall–Kier alpha value is -3.30. The Balaban J connectivity index is 1.68. The maximum atomic E-state index is 13.7. The van der Waals surface area contributed by atoms with Gasteiger partial charge < -0.3 is 45.3 Å². The zero-order valence-corrected chi connectivity index (χ0v) is 27.8. The van der Waals surface area contributed by atoms with E-state index in [9.17, 15) is 9.59 Å². The van der Waals surface area contributed by atoms with Gasteiger partial charge in [0.1, 0.15) is 6.04 Å². The van der Waals surface area contributed by atoms with Gasteiger partial charge in [-0.15, -0.1) is 0 Å². The van der Waals surface area contributed by atoms with Crippen LogP contribution in [0.5, 0.6) is 0 Å². The lowest BCUT2D eigenvalue weighted by molar-refractivity contribution is -0.906. The molecule has 249 valence electrons. The lowest BCUT2D eigenvalue weighted by Gasteiger charge is -2.35. The van der Waals surface area contributed by atoms with Crippen LogP contribution in [-0.2, 0) is 30.0 Å². The van der Waals surface area contributed by atoms with Crippen molar-refractivity contribution in [2.24, 2.45) is 5.73 Å². The number of hydrogen-bond acceptors (Lipinski definition) is 9. The van der Waals surface area contributed by atoms with E-state index >= 15 is 0 Å². The first kappa shape index (κ1) is 38.2. The minimum atomic E-state index is -0.775. The monoisotopic (exact) mass is 643 g/mol. The number of benzene rings is 2. The number of rotatable bonds is 24. The van der Waals surface area contributed by atoms with Gasteiger partial charge in [0, 0.05) is 26.2 Å². The molecule has 1 aromatic heterocycles. The van der Waals surface area contributed by atoms with E-state index in [1.54, 1.807) is 28.4 Å². The van der Waals surface area contributed by atoms with Gasteiger partial charge in [0.05, 0.1) is 56.9 Å². The predicted molar refractivity (Wildman–Crippen MR) is 188 cm³/mol. The first-order valence-corrected chi connectivity index (χ1v) is 16.0. The molecule has 0 aliphatic carbocycles. The molecule has 2 aromatic carbocycles. The second kappa shape index (κ2) is 21.6. The standard InChI is InChI=1S/C32H47B3N7O5/c1-42(20-17-33-47-24-36,21-18-38-34-45-2)19-9-14-30(41-35-46-3)32(44)40-29(16-15-25-10-5-4-6-11-25)31(43)39-27-22-26-12-7-8-13-28(26)37-23-27/h4-8,10-13,22-23,29-30,38,41H,9,14-21,24,36H2,1-3H3,(H-,39,40,43,44)/p+1/t29-,30-,42?/m0/s1. The summed E-state index contributed by atoms with van der Waals surface area (Å²) >= 11 is 0. The Morgan fingerprint density at radius 1 is 0.936 bits per heavy atom. The van der Waals surface area contributed by atoms with Crippen LogP contribution in [0.3, 0.4) is 0 Å². The van der Waals surface area contributed by atoms with Gasteiger partial charge in [0.25, 0.3) is 7.48 Å². The van der Waals surface area contributed by atoms with Crippen molar-refractivity contribution in [2.75, 3.05) is 59.5 Å². The number of para-hydroxylation sites is 1. The summed E-state index contributed by atoms with van der Waals surface area (Å²) < 4.78 is 16.1. The normalized spacial score (nSPS) is 13.7. The van der Waals surface area contributed by atoms with Crippen LogP contribution in [0.15, 0.2) is 66.9 Å². The number of pyridine rings is 1. The van der Waals surface area contributed by atoms with E-state index in [4.69, 9.17) is 19.7 Å². The largest absolute Gasteiger partial charge is 0.428 e. The summed E-state index contributed by atoms with van der Waals surface area (Å²) in [6.07, 6.45) is 4.69. The molecular formula is C32H48B3N7O5+. The van der Waals surface area contributed by atoms with Gasteiger partial charge in [-0.05, 0) is 49.7 Å². The SMILES string of the molecule is CO[B]NCC[N+](C)(CC[B]OCN)CCC[C@H](N[B]OC)C(=O)N[C@@H](CCc1ccccc1)C(=O)Nc1cnc2ccccc2c1. The van der Waals surface area contributed by atoms with Crippen molar-refractivity contribution < 1.29 is 28.0 Å². The van der Waals surface area contributed by atoms with Gasteiger partial charge in [0.15, 0.2) is 0 Å². The summed E-state index contributed by atoms with van der Waals surface area (Å²) in [5.41, 5.74) is 7.95. The van der Waals surface area contributed by atoms with Gasteiger partial charge in [-0.3, -0.25) is 14.6 Å². The zero-order chi connectivity index (χ0) is 33.7. The van der Waals surface area contributed by atoms with Crippen LogP contribution in [0.1, 0.15) is 24.8 Å². The minimum Gasteiger partial charge on any atom is -0.428 e. The minimum absolute atomic E-state index is 0.149. The van der Waals surface area contributed by atoms with Crippen molar-refractivity contribution in [1.29, 1.82) is 0 Å². The van der Waals surface area contributed by atoms with Crippen molar-refractivity contribution in [2.45, 2.75) is 44.1 Å². The number of quaternary nitrogens is 1. The molecule has 0 fully saturated rings. The number of anilines is 1. The fraction of sp³-hybridized carbons (Fsp3) is 0.469. The number of aryl methyl sites for hydroxylation is 1. The summed E-state index contributed by atoms with van der Waals surface area (Å²) in [6, 6.07) is 18.1. The Morgan fingerprint density at radius 2 is 1.70 bits per heavy atom. The number of likely N-dealkylation sites (N-methyl/N-ethyl adjacent to an activating group) is 1. The molecule has 0 aliphatic heterocycles. The third-order valence-corrected chi connectivity index (χ3v) is 7.95. The van der Waals surface area contributed by atoms with Crippen molar-refractivity contribution in [3.05, 3.63) is 72.4 Å². The van der Waals surface area contributed by atoms with E-state index in [0.717, 1.165) is 59.9 Å². The second-order valence-corrected chi connectivity index (χ2v) is 11.6. The highest BCUT2D eigenvalue weighted by molar-refractivity contribution is 6.27. The van der Waals surface area contributed by atoms with Crippen LogP contribution in [0.2, 0.25) is 6.32 Å². The number of carbonyl (C=O) groups excluding carboxylic acids is 2. The van der Waals surface area contributed by atoms with Crippen LogP contribution in [-0.4, -0.2) is 110 Å². The molecule has 0 spiro atoms. The topological polar surface area (TPSA) is 149 Å². The third-order valence-electron chi connectivity index (χ3n) is 7.95. The van der Waals surface area contributed by atoms with Gasteiger partial charge in [-0.25, -0.2) is 0 Å². The molecule has 12 nitrogen and oxygen atoms in total. The summed E-state index contributed by atoms with van der Waals surface area (Å²) in [5, 5.41) is 13.1. The average Bonchev–Trinajstić information content (AvgIpc) is 3.09. The van der Waals surface area contributed by atoms with Crippen molar-refractivity contribution in [3.8, 4) is 0 Å². The number of fused-ring (bicyclic) bond motifs is 1. The molecule has 1 unspecified atom stereocenters. The van der Waals surface area contributed by atoms with E-state index < -0.39 is 12.1 Å². The van der Waals surface area contributed by atoms with Gasteiger partial charge in [-0.2, -0.15) is 0 Å². The first-order valence-electron chi connectivity index (χ1n) is 16.0. The molecule has 47 heavy (non-hydrogen) atoms. The molecule has 3 rings (SSSR count). The van der Waals surface area contributed by atoms with Gasteiger partial charge in [0.2, 0.25) is 11.8 Å². The predicted octanol–water partition coefficient (Wildman–Crippen LogP) is 1.40. The van der Waals surface area contributed by atoms with Crippen molar-refractivity contribution >= 4 is 51.1 Å². The highest BCUT2D eigenvalue weighted by Gasteiger charge is 2.28. The molecule has 3 aromatic rings. The van der Waals surface area contributed by atoms with Crippen LogP contribution in [0.4, 0.5) is 5.69 Å². The van der Waals surface area contributed by atoms with Crippen molar-refractivity contribution in [1.82, 2.24) is 20.8 Å². The number of nitrogens with zero attached hydrogens (tertiary/aromatic N) is 2. The molecule has 3 radical (unpaired) electrons. The van der Waals surface area contributed by atoms with E-state index in [1.807, 2.05) is 60.7 Å². The molecule has 0 aliphatic rings. The fourth-order valence-corrected chi connectivity index (χ4v) is 5.31. The van der Waals surface area contributed by atoms with E-state index in [2.05, 4.69) is 33.1 Å². The van der Waals surface area contributed by atoms with Gasteiger partial charge in [-0.1, -0.05) is 48.5 Å². The van der Waals surface area contributed by atoms with Crippen LogP contribution in [0.25, 0.3) is 10.9 Å². The Bertz CT molecular complexity index is 1330. The number of carbonyl (C=O) groups is 2. The fourth-order valence-electron chi connectivity index (χ4n) is 5.31. The van der Waals surface area contributed by atoms with E-state index in [-0.39, 0.29) is 18.5 Å². The molecular weight excluding hydrogens is 595 g/mol. The highest BCUT2D eigenvalue weighted by atomic mass is 16.4. The summed E-state index contributed by atoms with van der Waals surface area (Å²) in [6.45, 7) is 3.38. The Morgan fingerprint density at radius 3 is 2.47 bits per heavy atom. The second-order valence-electron chi connectivity index (χ2n) is 11.6. The van der Waals surface area contributed by atoms with Gasteiger partial charge >= 0.3 is 15.2 Å². The molecule has 0 saturated carbocycles. The first-order chi connectivity index (χ1) is 22.9. The zero-order valence-electron chi connectivity index (χ0n) is 27.8. The maximum absolute atomic E-state index is 13.7. The quantitative estimate of drug-likeness (QED) is 0.0423. The highest BCUT2D eigenvalue weighted by Crippen LogP contribution is 2.17. The lowest BCUT2D eigenvalue weighted by atomic mass is 9.94. The summed E-state index contributed by atoms with van der Waals surface area (Å²) in [7, 11) is 10.0. The van der Waals surface area contributed by atoms with Crippen LogP contribution >= 0.6 is 0 Å². The molecule has 1 heterocycles. The molecule has 15 heteroatoms. The average molecular weight is 643 g/mol. The molecule has 2 amide bonds. The molecule has 3 atom stereocenters. The number of nitrogens with two attached hydrogens (primary N) is 1. The van der Waals surface area contributed by atoms with E-state index in [0.29, 0.717) is 24.9 Å². The molecule has 6 N–H and O–H groups in total. The van der Waals surface area contributed by atoms with Crippen molar-refractivity contribution in [3.63, 3.8) is 0 Å². The van der Waals surface area contributed by atoms with E-state index in [1.165, 1.54) is 14.7 Å². The number of amides is 2. The number of aromatic nitrogens is 1. The molecule has 0 bridgehead atoms. The summed E-state index contributed by atoms with van der Waals surface area (Å²) in [4.78, 5) is 31.8. The lowest BCUT2D eigenvalue weighted by Crippen LogP contribution is -2.53. The maximum Gasteiger partial charge on any atom is 0.396 e. The molecule has 0 saturated heterocycles. The number of nitrogens with one attached hydrogen (secondary N) is 4. The van der Waals surface area contributed by atoms with Crippen LogP contribution < -0.4 is 26.8 Å².